The minimum absolute atomic E-state index is 0.00539. The first-order valence-corrected chi connectivity index (χ1v) is 11.0. The number of rotatable bonds is 7. The average molecular weight is 413 g/mol. The molecule has 1 aliphatic heterocycles. The van der Waals surface area contributed by atoms with Crippen molar-refractivity contribution < 1.29 is 14.4 Å². The standard InChI is InChI=1S/C23H32N4O3/c1-3-26(4-2)22(30)23(15-9-6-10-16-23)24-21(29)19-13-14-20(28)27(25-19)17-18-11-7-5-8-12-18/h5,7-8,11-12H,3-4,6,9-10,13-17H2,1-2H3,(H,24,29). The van der Waals surface area contributed by atoms with E-state index in [0.717, 1.165) is 24.8 Å². The van der Waals surface area contributed by atoms with Crippen LogP contribution in [0.15, 0.2) is 35.4 Å². The van der Waals surface area contributed by atoms with Gasteiger partial charge in [-0.15, -0.1) is 0 Å². The third kappa shape index (κ3) is 4.89. The van der Waals surface area contributed by atoms with Crippen molar-refractivity contribution in [1.29, 1.82) is 0 Å². The van der Waals surface area contributed by atoms with Crippen LogP contribution in [-0.2, 0) is 20.9 Å². The van der Waals surface area contributed by atoms with E-state index in [1.807, 2.05) is 44.2 Å². The molecule has 7 nitrogen and oxygen atoms in total. The fourth-order valence-corrected chi connectivity index (χ4v) is 4.30. The molecule has 0 spiro atoms. The van der Waals surface area contributed by atoms with Crippen molar-refractivity contribution in [3.05, 3.63) is 35.9 Å². The number of nitrogens with zero attached hydrogens (tertiary/aromatic N) is 3. The van der Waals surface area contributed by atoms with Crippen LogP contribution >= 0.6 is 0 Å². The van der Waals surface area contributed by atoms with Crippen LogP contribution in [0.1, 0.15) is 64.4 Å². The largest absolute Gasteiger partial charge is 0.341 e. The molecule has 1 heterocycles. The van der Waals surface area contributed by atoms with Crippen molar-refractivity contribution in [3.63, 3.8) is 0 Å². The first kappa shape index (κ1) is 22.0. The van der Waals surface area contributed by atoms with Gasteiger partial charge >= 0.3 is 0 Å². The van der Waals surface area contributed by atoms with Gasteiger partial charge in [-0.2, -0.15) is 5.10 Å². The Balaban J connectivity index is 1.78. The molecular formula is C23H32N4O3. The number of amides is 3. The molecule has 0 saturated heterocycles. The van der Waals surface area contributed by atoms with Crippen LogP contribution in [0, 0.1) is 0 Å². The van der Waals surface area contributed by atoms with Gasteiger partial charge in [0.25, 0.3) is 5.91 Å². The molecule has 0 radical (unpaired) electrons. The smallest absolute Gasteiger partial charge is 0.268 e. The molecular weight excluding hydrogens is 380 g/mol. The number of benzene rings is 1. The number of hydrogen-bond acceptors (Lipinski definition) is 4. The van der Waals surface area contributed by atoms with Gasteiger partial charge in [-0.1, -0.05) is 49.6 Å². The van der Waals surface area contributed by atoms with Gasteiger partial charge < -0.3 is 10.2 Å². The number of carbonyl (C=O) groups excluding carboxylic acids is 3. The maximum Gasteiger partial charge on any atom is 0.268 e. The highest BCUT2D eigenvalue weighted by Gasteiger charge is 2.43. The zero-order valence-electron chi connectivity index (χ0n) is 18.0. The summed E-state index contributed by atoms with van der Waals surface area (Å²) in [5.74, 6) is -0.431. The Morgan fingerprint density at radius 2 is 1.73 bits per heavy atom. The summed E-state index contributed by atoms with van der Waals surface area (Å²) in [6, 6.07) is 9.59. The monoisotopic (exact) mass is 412 g/mol. The molecule has 0 unspecified atom stereocenters. The van der Waals surface area contributed by atoms with Crippen LogP contribution in [-0.4, -0.2) is 52.0 Å². The summed E-state index contributed by atoms with van der Waals surface area (Å²) in [6.07, 6.45) is 4.74. The fraction of sp³-hybridized carbons (Fsp3) is 0.565. The van der Waals surface area contributed by atoms with Crippen molar-refractivity contribution in [3.8, 4) is 0 Å². The summed E-state index contributed by atoms with van der Waals surface area (Å²) in [5.41, 5.74) is 0.412. The van der Waals surface area contributed by atoms with Crippen molar-refractivity contribution in [1.82, 2.24) is 15.2 Å². The number of nitrogens with one attached hydrogen (secondary N) is 1. The molecule has 2 aliphatic rings. The van der Waals surface area contributed by atoms with E-state index < -0.39 is 5.54 Å². The number of carbonyl (C=O) groups is 3. The Morgan fingerprint density at radius 1 is 1.07 bits per heavy atom. The summed E-state index contributed by atoms with van der Waals surface area (Å²) in [6.45, 7) is 5.48. The van der Waals surface area contributed by atoms with Gasteiger partial charge in [0.2, 0.25) is 11.8 Å². The van der Waals surface area contributed by atoms with E-state index in [1.54, 1.807) is 4.90 Å². The van der Waals surface area contributed by atoms with E-state index in [0.29, 0.717) is 44.6 Å². The minimum Gasteiger partial charge on any atom is -0.341 e. The zero-order valence-corrected chi connectivity index (χ0v) is 18.0. The highest BCUT2D eigenvalue weighted by molar-refractivity contribution is 6.40. The van der Waals surface area contributed by atoms with E-state index in [4.69, 9.17) is 0 Å². The van der Waals surface area contributed by atoms with Crippen LogP contribution < -0.4 is 5.32 Å². The molecule has 30 heavy (non-hydrogen) atoms. The molecule has 1 aromatic carbocycles. The van der Waals surface area contributed by atoms with Crippen molar-refractivity contribution in [2.45, 2.75) is 70.9 Å². The van der Waals surface area contributed by atoms with Gasteiger partial charge in [0.1, 0.15) is 11.3 Å². The van der Waals surface area contributed by atoms with Crippen LogP contribution in [0.25, 0.3) is 0 Å². The highest BCUT2D eigenvalue weighted by Crippen LogP contribution is 2.30. The van der Waals surface area contributed by atoms with Gasteiger partial charge in [-0.25, -0.2) is 5.01 Å². The Morgan fingerprint density at radius 3 is 2.37 bits per heavy atom. The summed E-state index contributed by atoms with van der Waals surface area (Å²) in [5, 5.41) is 8.78. The van der Waals surface area contributed by atoms with Crippen LogP contribution in [0.5, 0.6) is 0 Å². The van der Waals surface area contributed by atoms with Crippen molar-refractivity contribution in [2.75, 3.05) is 13.1 Å². The Kier molecular flexibility index (Phi) is 7.24. The van der Waals surface area contributed by atoms with Crippen molar-refractivity contribution in [2.24, 2.45) is 5.10 Å². The molecule has 0 atom stereocenters. The normalized spacial score (nSPS) is 18.5. The average Bonchev–Trinajstić information content (AvgIpc) is 2.77. The number of hydrogen-bond donors (Lipinski definition) is 1. The van der Waals surface area contributed by atoms with Gasteiger partial charge in [-0.05, 0) is 32.3 Å². The lowest BCUT2D eigenvalue weighted by molar-refractivity contribution is -0.142. The summed E-state index contributed by atoms with van der Waals surface area (Å²) >= 11 is 0. The summed E-state index contributed by atoms with van der Waals surface area (Å²) in [4.78, 5) is 40.5. The second kappa shape index (κ2) is 9.87. The van der Waals surface area contributed by atoms with Gasteiger partial charge in [0.15, 0.2) is 0 Å². The summed E-state index contributed by atoms with van der Waals surface area (Å²) < 4.78 is 0. The molecule has 1 N–H and O–H groups in total. The maximum absolute atomic E-state index is 13.3. The van der Waals surface area contributed by atoms with E-state index in [9.17, 15) is 14.4 Å². The molecule has 3 amide bonds. The third-order valence-corrected chi connectivity index (χ3v) is 6.06. The topological polar surface area (TPSA) is 82.1 Å². The Labute approximate surface area is 178 Å². The van der Waals surface area contributed by atoms with Gasteiger partial charge in [0, 0.05) is 25.9 Å². The second-order valence-corrected chi connectivity index (χ2v) is 8.06. The molecule has 0 aromatic heterocycles. The van der Waals surface area contributed by atoms with Crippen molar-refractivity contribution >= 4 is 23.4 Å². The predicted molar refractivity (Wildman–Crippen MR) is 116 cm³/mol. The molecule has 162 valence electrons. The first-order chi connectivity index (χ1) is 14.5. The lowest BCUT2D eigenvalue weighted by Gasteiger charge is -2.40. The quantitative estimate of drug-likeness (QED) is 0.748. The third-order valence-electron chi connectivity index (χ3n) is 6.06. The SMILES string of the molecule is CCN(CC)C(=O)C1(NC(=O)C2=NN(Cc3ccccc3)C(=O)CC2)CCCCC1. The lowest BCUT2D eigenvalue weighted by Crippen LogP contribution is -2.61. The second-order valence-electron chi connectivity index (χ2n) is 8.06. The minimum atomic E-state index is -0.865. The van der Waals surface area contributed by atoms with Crippen LogP contribution in [0.2, 0.25) is 0 Å². The predicted octanol–water partition coefficient (Wildman–Crippen LogP) is 2.85. The summed E-state index contributed by atoms with van der Waals surface area (Å²) in [7, 11) is 0. The Bertz CT molecular complexity index is 796. The van der Waals surface area contributed by atoms with Crippen LogP contribution in [0.4, 0.5) is 0 Å². The van der Waals surface area contributed by atoms with E-state index in [2.05, 4.69) is 10.4 Å². The Hall–Kier alpha value is -2.70. The highest BCUT2D eigenvalue weighted by atomic mass is 16.2. The molecule has 3 rings (SSSR count). The van der Waals surface area contributed by atoms with E-state index in [1.165, 1.54) is 5.01 Å². The molecule has 1 saturated carbocycles. The first-order valence-electron chi connectivity index (χ1n) is 11.0. The van der Waals surface area contributed by atoms with Crippen LogP contribution in [0.3, 0.4) is 0 Å². The maximum atomic E-state index is 13.3. The number of likely N-dealkylation sites (N-methyl/N-ethyl adjacent to an activating group) is 1. The molecule has 1 aliphatic carbocycles. The zero-order chi connectivity index (χ0) is 21.6. The van der Waals surface area contributed by atoms with Gasteiger partial charge in [-0.3, -0.25) is 14.4 Å². The number of hydrazone groups is 1. The van der Waals surface area contributed by atoms with E-state index >= 15 is 0 Å². The molecule has 7 heteroatoms. The molecule has 1 aromatic rings. The molecule has 0 bridgehead atoms. The van der Waals surface area contributed by atoms with Gasteiger partial charge in [0.05, 0.1) is 6.54 Å². The lowest BCUT2D eigenvalue weighted by atomic mass is 9.80. The molecule has 1 fully saturated rings. The fourth-order valence-electron chi connectivity index (χ4n) is 4.30. The van der Waals surface area contributed by atoms with E-state index in [-0.39, 0.29) is 24.1 Å².